The van der Waals surface area contributed by atoms with Crippen molar-refractivity contribution in [1.82, 2.24) is 25.3 Å². The van der Waals surface area contributed by atoms with E-state index in [1.54, 1.807) is 24.2 Å². The highest BCUT2D eigenvalue weighted by molar-refractivity contribution is 7.99. The predicted octanol–water partition coefficient (Wildman–Crippen LogP) is 2.11. The normalized spacial score (nSPS) is 20.4. The van der Waals surface area contributed by atoms with Crippen molar-refractivity contribution in [2.24, 2.45) is 0 Å². The quantitative estimate of drug-likeness (QED) is 0.830. The third-order valence-corrected chi connectivity index (χ3v) is 5.12. The number of nitrogens with one attached hydrogen (secondary N) is 1. The molecule has 1 fully saturated rings. The maximum atomic E-state index is 12.2. The number of aromatic nitrogens is 4. The fourth-order valence-corrected chi connectivity index (χ4v) is 3.68. The number of rotatable bonds is 5. The van der Waals surface area contributed by atoms with Gasteiger partial charge in [-0.2, -0.15) is 0 Å². The molecule has 2 aromatic heterocycles. The number of hydrogen-bond acceptors (Lipinski definition) is 7. The van der Waals surface area contributed by atoms with E-state index in [2.05, 4.69) is 25.3 Å². The molecule has 7 nitrogen and oxygen atoms in total. The Balaban J connectivity index is 1.47. The minimum atomic E-state index is -0.139. The van der Waals surface area contributed by atoms with E-state index in [9.17, 15) is 4.79 Å². The van der Waals surface area contributed by atoms with Gasteiger partial charge in [0.1, 0.15) is 0 Å². The van der Waals surface area contributed by atoms with E-state index < -0.39 is 0 Å². The highest BCUT2D eigenvalue weighted by atomic mass is 32.2. The molecule has 24 heavy (non-hydrogen) atoms. The van der Waals surface area contributed by atoms with E-state index in [0.717, 1.165) is 30.8 Å². The zero-order chi connectivity index (χ0) is 16.8. The summed E-state index contributed by atoms with van der Waals surface area (Å²) in [5.41, 5.74) is 0.449. The summed E-state index contributed by atoms with van der Waals surface area (Å²) in [6.07, 6.45) is 10.5. The largest absolute Gasteiger partial charge is 0.467 e. The first-order valence-electron chi connectivity index (χ1n) is 7.85. The van der Waals surface area contributed by atoms with Crippen LogP contribution in [0.4, 0.5) is 0 Å². The van der Waals surface area contributed by atoms with Crippen LogP contribution < -0.4 is 10.1 Å². The zero-order valence-electron chi connectivity index (χ0n) is 13.4. The van der Waals surface area contributed by atoms with Gasteiger partial charge < -0.3 is 10.1 Å². The maximum absolute atomic E-state index is 12.2. The number of ether oxygens (including phenoxy) is 1. The molecule has 0 unspecified atom stereocenters. The Morgan fingerprint density at radius 2 is 1.79 bits per heavy atom. The fraction of sp³-hybridized carbons (Fsp3) is 0.438. The highest BCUT2D eigenvalue weighted by Gasteiger charge is 2.24. The Hall–Kier alpha value is -2.22. The molecule has 0 bridgehead atoms. The monoisotopic (exact) mass is 345 g/mol. The van der Waals surface area contributed by atoms with Crippen LogP contribution in [0.15, 0.2) is 36.0 Å². The topological polar surface area (TPSA) is 89.9 Å². The SMILES string of the molecule is COc1ncc(C(=O)NC2CCC(Sc3ncccn3)CC2)cn1. The van der Waals surface area contributed by atoms with Gasteiger partial charge in [0.25, 0.3) is 5.91 Å². The minimum absolute atomic E-state index is 0.139. The van der Waals surface area contributed by atoms with Gasteiger partial charge >= 0.3 is 6.01 Å². The molecule has 1 amide bonds. The summed E-state index contributed by atoms with van der Waals surface area (Å²) < 4.78 is 4.89. The van der Waals surface area contributed by atoms with Crippen molar-refractivity contribution in [2.75, 3.05) is 7.11 Å². The van der Waals surface area contributed by atoms with Crippen LogP contribution in [0.25, 0.3) is 0 Å². The van der Waals surface area contributed by atoms with E-state index >= 15 is 0 Å². The second-order valence-electron chi connectivity index (χ2n) is 5.55. The van der Waals surface area contributed by atoms with E-state index in [1.165, 1.54) is 19.5 Å². The van der Waals surface area contributed by atoms with Gasteiger partial charge in [-0.3, -0.25) is 4.79 Å². The first kappa shape index (κ1) is 16.6. The first-order chi connectivity index (χ1) is 11.7. The third-order valence-electron chi connectivity index (χ3n) is 3.90. The van der Waals surface area contributed by atoms with Crippen LogP contribution in [-0.4, -0.2) is 44.2 Å². The lowest BCUT2D eigenvalue weighted by molar-refractivity contribution is 0.0927. The maximum Gasteiger partial charge on any atom is 0.316 e. The van der Waals surface area contributed by atoms with Crippen molar-refractivity contribution in [2.45, 2.75) is 42.1 Å². The van der Waals surface area contributed by atoms with E-state index in [0.29, 0.717) is 10.8 Å². The number of amides is 1. The molecule has 2 heterocycles. The summed E-state index contributed by atoms with van der Waals surface area (Å²) in [5, 5.41) is 4.38. The van der Waals surface area contributed by atoms with Crippen LogP contribution in [0.3, 0.4) is 0 Å². The van der Waals surface area contributed by atoms with Gasteiger partial charge in [-0.15, -0.1) is 0 Å². The molecule has 0 saturated heterocycles. The molecule has 0 radical (unpaired) electrons. The molecule has 0 aromatic carbocycles. The molecule has 1 aliphatic carbocycles. The van der Waals surface area contributed by atoms with Crippen LogP contribution in [0.1, 0.15) is 36.0 Å². The lowest BCUT2D eigenvalue weighted by Gasteiger charge is -2.28. The number of nitrogens with zero attached hydrogens (tertiary/aromatic N) is 4. The van der Waals surface area contributed by atoms with Crippen LogP contribution in [0.2, 0.25) is 0 Å². The molecule has 0 atom stereocenters. The van der Waals surface area contributed by atoms with Crippen molar-refractivity contribution in [3.8, 4) is 6.01 Å². The standard InChI is InChI=1S/C16H19N5O2S/c1-23-15-19-9-11(10-20-15)14(22)21-12-3-5-13(6-4-12)24-16-17-7-2-8-18-16/h2,7-10,12-13H,3-6H2,1H3,(H,21,22). The number of hydrogen-bond donors (Lipinski definition) is 1. The number of carbonyl (C=O) groups excluding carboxylic acids is 1. The Bertz CT molecular complexity index is 660. The Morgan fingerprint density at radius 3 is 2.42 bits per heavy atom. The van der Waals surface area contributed by atoms with Gasteiger partial charge in [0.2, 0.25) is 0 Å². The average Bonchev–Trinajstić information content (AvgIpc) is 2.64. The van der Waals surface area contributed by atoms with Crippen LogP contribution in [0.5, 0.6) is 6.01 Å². The Kier molecular flexibility index (Phi) is 5.58. The number of methoxy groups -OCH3 is 1. The summed E-state index contributed by atoms with van der Waals surface area (Å²) in [7, 11) is 1.49. The van der Waals surface area contributed by atoms with Gasteiger partial charge in [-0.05, 0) is 31.7 Å². The molecule has 0 spiro atoms. The second-order valence-corrected chi connectivity index (χ2v) is 6.82. The molecular weight excluding hydrogens is 326 g/mol. The van der Waals surface area contributed by atoms with Crippen molar-refractivity contribution in [3.63, 3.8) is 0 Å². The van der Waals surface area contributed by atoms with Crippen molar-refractivity contribution < 1.29 is 9.53 Å². The zero-order valence-corrected chi connectivity index (χ0v) is 14.2. The van der Waals surface area contributed by atoms with Gasteiger partial charge in [0, 0.05) is 36.1 Å². The van der Waals surface area contributed by atoms with Gasteiger partial charge in [0.15, 0.2) is 5.16 Å². The van der Waals surface area contributed by atoms with Crippen molar-refractivity contribution >= 4 is 17.7 Å². The van der Waals surface area contributed by atoms with Crippen LogP contribution >= 0.6 is 11.8 Å². The highest BCUT2D eigenvalue weighted by Crippen LogP contribution is 2.31. The summed E-state index contributed by atoms with van der Waals surface area (Å²) >= 11 is 1.72. The Morgan fingerprint density at radius 1 is 1.12 bits per heavy atom. The van der Waals surface area contributed by atoms with Crippen molar-refractivity contribution in [3.05, 3.63) is 36.4 Å². The Labute approximate surface area is 144 Å². The fourth-order valence-electron chi connectivity index (χ4n) is 2.63. The molecular formula is C16H19N5O2S. The second kappa shape index (κ2) is 8.05. The number of carbonyl (C=O) groups is 1. The van der Waals surface area contributed by atoms with Crippen LogP contribution in [-0.2, 0) is 0 Å². The molecule has 1 saturated carbocycles. The molecule has 126 valence electrons. The van der Waals surface area contributed by atoms with Gasteiger partial charge in [-0.25, -0.2) is 19.9 Å². The van der Waals surface area contributed by atoms with Gasteiger partial charge in [0.05, 0.1) is 12.7 Å². The van der Waals surface area contributed by atoms with Crippen LogP contribution in [0, 0.1) is 0 Å². The molecule has 8 heteroatoms. The molecule has 0 aliphatic heterocycles. The van der Waals surface area contributed by atoms with E-state index in [-0.39, 0.29) is 18.0 Å². The van der Waals surface area contributed by atoms with Crippen molar-refractivity contribution in [1.29, 1.82) is 0 Å². The van der Waals surface area contributed by atoms with Gasteiger partial charge in [-0.1, -0.05) is 11.8 Å². The summed E-state index contributed by atoms with van der Waals surface area (Å²) in [4.78, 5) is 28.6. The summed E-state index contributed by atoms with van der Waals surface area (Å²) in [6, 6.07) is 2.26. The predicted molar refractivity (Wildman–Crippen MR) is 90.0 cm³/mol. The lowest BCUT2D eigenvalue weighted by Crippen LogP contribution is -2.38. The third kappa shape index (κ3) is 4.41. The minimum Gasteiger partial charge on any atom is -0.467 e. The summed E-state index contributed by atoms with van der Waals surface area (Å²) in [6.45, 7) is 0. The molecule has 3 rings (SSSR count). The lowest BCUT2D eigenvalue weighted by atomic mass is 9.95. The smallest absolute Gasteiger partial charge is 0.316 e. The van der Waals surface area contributed by atoms with E-state index in [4.69, 9.17) is 4.74 Å². The summed E-state index contributed by atoms with van der Waals surface area (Å²) in [5.74, 6) is -0.139. The number of thioether (sulfide) groups is 1. The first-order valence-corrected chi connectivity index (χ1v) is 8.73. The average molecular weight is 345 g/mol. The molecule has 1 aliphatic rings. The van der Waals surface area contributed by atoms with E-state index in [1.807, 2.05) is 6.07 Å². The molecule has 1 N–H and O–H groups in total. The molecule has 2 aromatic rings.